The minimum atomic E-state index is -0.670. The van der Waals surface area contributed by atoms with E-state index in [1.54, 1.807) is 24.3 Å². The third-order valence-corrected chi connectivity index (χ3v) is 4.88. The molecule has 6 heteroatoms. The first kappa shape index (κ1) is 20.3. The molecule has 1 aliphatic heterocycles. The molecule has 0 aromatic heterocycles. The van der Waals surface area contributed by atoms with E-state index in [1.807, 2.05) is 39.0 Å². The Kier molecular flexibility index (Phi) is 5.82. The molecule has 0 aliphatic carbocycles. The number of esters is 1. The Hall–Kier alpha value is -3.41. The van der Waals surface area contributed by atoms with E-state index in [9.17, 15) is 14.4 Å². The summed E-state index contributed by atoms with van der Waals surface area (Å²) >= 11 is 0. The normalized spacial score (nSPS) is 12.9. The highest BCUT2D eigenvalue weighted by molar-refractivity contribution is 6.10. The molecular weight excluding hydrogens is 368 g/mol. The van der Waals surface area contributed by atoms with Gasteiger partial charge in [-0.3, -0.25) is 19.3 Å². The lowest BCUT2D eigenvalue weighted by Crippen LogP contribution is -2.32. The molecule has 2 amide bonds. The highest BCUT2D eigenvalue weighted by atomic mass is 16.5. The fourth-order valence-corrected chi connectivity index (χ4v) is 3.34. The maximum atomic E-state index is 12.4. The molecule has 0 fully saturated rings. The topological polar surface area (TPSA) is 75.7 Å². The molecule has 1 heterocycles. The Labute approximate surface area is 170 Å². The summed E-state index contributed by atoms with van der Waals surface area (Å²) in [6.07, 6.45) is 0. The number of benzene rings is 2. The number of aryl methyl sites for hydroxylation is 1. The van der Waals surface area contributed by atoms with Crippen LogP contribution in [0.1, 0.15) is 46.8 Å². The maximum absolute atomic E-state index is 12.4. The third-order valence-electron chi connectivity index (χ3n) is 4.88. The lowest BCUT2D eigenvalue weighted by atomic mass is 9.98. The van der Waals surface area contributed by atoms with Crippen molar-refractivity contribution < 1.29 is 19.1 Å². The van der Waals surface area contributed by atoms with E-state index < -0.39 is 18.5 Å². The number of amides is 2. The van der Waals surface area contributed by atoms with Crippen molar-refractivity contribution in [2.45, 2.75) is 26.7 Å². The number of nitrogens with zero attached hydrogens (tertiary/aromatic N) is 1. The van der Waals surface area contributed by atoms with Crippen molar-refractivity contribution >= 4 is 29.2 Å². The Morgan fingerprint density at radius 3 is 2.45 bits per heavy atom. The number of carbonyl (C=O) groups excluding carboxylic acids is 3. The maximum Gasteiger partial charge on any atom is 0.326 e. The second-order valence-electron chi connectivity index (χ2n) is 7.29. The molecule has 0 bridgehead atoms. The predicted octanol–water partition coefficient (Wildman–Crippen LogP) is 3.73. The first-order valence-electron chi connectivity index (χ1n) is 9.44. The molecule has 1 aliphatic rings. The Bertz CT molecular complexity index is 959. The molecule has 0 unspecified atom stereocenters. The van der Waals surface area contributed by atoms with Gasteiger partial charge in [-0.15, -0.1) is 0 Å². The first-order chi connectivity index (χ1) is 13.8. The smallest absolute Gasteiger partial charge is 0.326 e. The largest absolute Gasteiger partial charge is 0.454 e. The number of fused-ring (bicyclic) bond motifs is 1. The van der Waals surface area contributed by atoms with Gasteiger partial charge in [0.2, 0.25) is 0 Å². The molecular formula is C23H24N2O4. The first-order valence-corrected chi connectivity index (χ1v) is 9.44. The van der Waals surface area contributed by atoms with E-state index in [0.29, 0.717) is 16.8 Å². The molecule has 0 atom stereocenters. The minimum absolute atomic E-state index is 0.238. The molecule has 29 heavy (non-hydrogen) atoms. The van der Waals surface area contributed by atoms with Crippen LogP contribution in [0.25, 0.3) is 5.70 Å². The number of carbonyl (C=O) groups is 3. The van der Waals surface area contributed by atoms with Crippen molar-refractivity contribution in [3.8, 4) is 0 Å². The van der Waals surface area contributed by atoms with Gasteiger partial charge in [0.25, 0.3) is 11.8 Å². The van der Waals surface area contributed by atoms with Crippen LogP contribution in [0.15, 0.2) is 49.0 Å². The van der Waals surface area contributed by atoms with Crippen molar-refractivity contribution in [1.29, 1.82) is 0 Å². The number of para-hydroxylation sites is 1. The van der Waals surface area contributed by atoms with Gasteiger partial charge in [0.15, 0.2) is 6.61 Å². The molecule has 0 saturated carbocycles. The van der Waals surface area contributed by atoms with Crippen molar-refractivity contribution in [2.75, 3.05) is 18.5 Å². The summed E-state index contributed by atoms with van der Waals surface area (Å²) in [5, 5.41) is 2.83. The van der Waals surface area contributed by atoms with Crippen LogP contribution in [0.2, 0.25) is 0 Å². The van der Waals surface area contributed by atoms with E-state index in [4.69, 9.17) is 4.74 Å². The van der Waals surface area contributed by atoms with Gasteiger partial charge in [-0.05, 0) is 30.0 Å². The highest BCUT2D eigenvalue weighted by Crippen LogP contribution is 2.31. The van der Waals surface area contributed by atoms with Gasteiger partial charge in [0, 0.05) is 22.5 Å². The lowest BCUT2D eigenvalue weighted by molar-refractivity contribution is -0.147. The van der Waals surface area contributed by atoms with Crippen LogP contribution in [0.3, 0.4) is 0 Å². The summed E-state index contributed by atoms with van der Waals surface area (Å²) in [5.74, 6) is -1.16. The molecule has 0 radical (unpaired) electrons. The monoisotopic (exact) mass is 392 g/mol. The molecule has 1 N–H and O–H groups in total. The molecule has 2 aromatic rings. The van der Waals surface area contributed by atoms with E-state index in [1.165, 1.54) is 4.90 Å². The zero-order valence-corrected chi connectivity index (χ0v) is 16.8. The second-order valence-corrected chi connectivity index (χ2v) is 7.29. The van der Waals surface area contributed by atoms with Crippen molar-refractivity contribution in [1.82, 2.24) is 4.90 Å². The molecule has 0 saturated heterocycles. The summed E-state index contributed by atoms with van der Waals surface area (Å²) in [4.78, 5) is 38.2. The van der Waals surface area contributed by atoms with Gasteiger partial charge in [-0.2, -0.15) is 0 Å². The summed E-state index contributed by atoms with van der Waals surface area (Å²) in [6, 6.07) is 12.8. The van der Waals surface area contributed by atoms with E-state index in [2.05, 4.69) is 11.9 Å². The number of rotatable bonds is 6. The van der Waals surface area contributed by atoms with Crippen molar-refractivity contribution in [3.63, 3.8) is 0 Å². The number of hydrogen-bond donors (Lipinski definition) is 1. The molecule has 150 valence electrons. The Morgan fingerprint density at radius 2 is 1.79 bits per heavy atom. The van der Waals surface area contributed by atoms with Gasteiger partial charge in [-0.25, -0.2) is 0 Å². The lowest BCUT2D eigenvalue weighted by Gasteiger charge is -2.18. The quantitative estimate of drug-likeness (QED) is 0.760. The average molecular weight is 392 g/mol. The SMILES string of the molecule is C=C1c2ccccc2C(=O)N1CC(=O)OCC(=O)Nc1c(C)cccc1C(C)C. The van der Waals surface area contributed by atoms with Crippen LogP contribution in [-0.4, -0.2) is 35.8 Å². The molecule has 6 nitrogen and oxygen atoms in total. The van der Waals surface area contributed by atoms with Gasteiger partial charge in [-0.1, -0.05) is 56.8 Å². The number of hydrogen-bond acceptors (Lipinski definition) is 4. The fourth-order valence-electron chi connectivity index (χ4n) is 3.34. The van der Waals surface area contributed by atoms with Gasteiger partial charge in [0.1, 0.15) is 6.54 Å². The minimum Gasteiger partial charge on any atom is -0.454 e. The van der Waals surface area contributed by atoms with Crippen LogP contribution in [0.5, 0.6) is 0 Å². The molecule has 3 rings (SSSR count). The summed E-state index contributed by atoms with van der Waals surface area (Å²) in [7, 11) is 0. The van der Waals surface area contributed by atoms with Crippen molar-refractivity contribution in [2.24, 2.45) is 0 Å². The van der Waals surface area contributed by atoms with Crippen LogP contribution < -0.4 is 5.32 Å². The Balaban J connectivity index is 1.58. The number of nitrogens with one attached hydrogen (secondary N) is 1. The summed E-state index contributed by atoms with van der Waals surface area (Å²) < 4.78 is 5.09. The highest BCUT2D eigenvalue weighted by Gasteiger charge is 2.32. The third kappa shape index (κ3) is 4.21. The van der Waals surface area contributed by atoms with E-state index in [0.717, 1.165) is 16.8 Å². The van der Waals surface area contributed by atoms with Crippen LogP contribution >= 0.6 is 0 Å². The van der Waals surface area contributed by atoms with E-state index in [-0.39, 0.29) is 18.4 Å². The van der Waals surface area contributed by atoms with Crippen molar-refractivity contribution in [3.05, 3.63) is 71.3 Å². The average Bonchev–Trinajstić information content (AvgIpc) is 2.93. The summed E-state index contributed by atoms with van der Waals surface area (Å²) in [6.45, 7) is 9.17. The molecule has 2 aromatic carbocycles. The number of anilines is 1. The van der Waals surface area contributed by atoms with Crippen LogP contribution in [0, 0.1) is 6.92 Å². The molecule has 0 spiro atoms. The summed E-state index contributed by atoms with van der Waals surface area (Å²) in [5.41, 5.74) is 4.34. The second kappa shape index (κ2) is 8.31. The van der Waals surface area contributed by atoms with E-state index >= 15 is 0 Å². The zero-order chi connectivity index (χ0) is 21.1. The predicted molar refractivity (Wildman–Crippen MR) is 111 cm³/mol. The number of ether oxygens (including phenoxy) is 1. The van der Waals surface area contributed by atoms with Gasteiger partial charge >= 0.3 is 5.97 Å². The van der Waals surface area contributed by atoms with Crippen LogP contribution in [0.4, 0.5) is 5.69 Å². The van der Waals surface area contributed by atoms with Gasteiger partial charge in [0.05, 0.1) is 0 Å². The zero-order valence-electron chi connectivity index (χ0n) is 16.8. The van der Waals surface area contributed by atoms with Crippen LogP contribution in [-0.2, 0) is 14.3 Å². The van der Waals surface area contributed by atoms with Gasteiger partial charge < -0.3 is 10.1 Å². The Morgan fingerprint density at radius 1 is 1.10 bits per heavy atom. The standard InChI is InChI=1S/C23H24N2O4/c1-14(2)17-11-7-8-15(3)22(17)24-20(26)13-29-21(27)12-25-16(4)18-9-5-6-10-19(18)23(25)28/h5-11,14H,4,12-13H2,1-3H3,(H,24,26). The fraction of sp³-hybridized carbons (Fsp3) is 0.261.